The average Bonchev–Trinajstić information content (AvgIpc) is 2.48. The number of carbonyl (C=O) groups excluding carboxylic acids is 1. The lowest BCUT2D eigenvalue weighted by atomic mass is 9.96. The second-order valence-corrected chi connectivity index (χ2v) is 4.28. The highest BCUT2D eigenvalue weighted by atomic mass is 16.2. The molecule has 0 aromatic rings. The summed E-state index contributed by atoms with van der Waals surface area (Å²) in [5.74, 6) is 0.952. The fourth-order valence-corrected chi connectivity index (χ4v) is 1.66. The number of carbonyl (C=O) groups is 1. The largest absolute Gasteiger partial charge is 0.343 e. The second kappa shape index (κ2) is 4.09. The Balaban J connectivity index is 2.56. The standard InChI is InChI=1S/C10H20N2O/c1-7(2)12(4)10(13)9-6-11-5-8(9)3/h7-9,11H,5-6H2,1-4H3/t8-,9-/m1/s1. The molecule has 76 valence electrons. The molecule has 3 heteroatoms. The smallest absolute Gasteiger partial charge is 0.227 e. The molecule has 0 aromatic carbocycles. The molecule has 1 N–H and O–H groups in total. The van der Waals surface area contributed by atoms with Gasteiger partial charge in [-0.25, -0.2) is 0 Å². The quantitative estimate of drug-likeness (QED) is 0.685. The minimum Gasteiger partial charge on any atom is -0.343 e. The van der Waals surface area contributed by atoms with Gasteiger partial charge in [-0.15, -0.1) is 0 Å². The molecular weight excluding hydrogens is 164 g/mol. The summed E-state index contributed by atoms with van der Waals surface area (Å²) in [7, 11) is 1.89. The van der Waals surface area contributed by atoms with Gasteiger partial charge >= 0.3 is 0 Å². The number of nitrogens with zero attached hydrogens (tertiary/aromatic N) is 1. The first-order valence-electron chi connectivity index (χ1n) is 5.01. The van der Waals surface area contributed by atoms with Crippen molar-refractivity contribution < 1.29 is 4.79 Å². The Labute approximate surface area is 80.5 Å². The van der Waals surface area contributed by atoms with E-state index >= 15 is 0 Å². The van der Waals surface area contributed by atoms with E-state index in [9.17, 15) is 4.79 Å². The number of amides is 1. The molecule has 2 atom stereocenters. The average molecular weight is 184 g/mol. The van der Waals surface area contributed by atoms with E-state index in [-0.39, 0.29) is 11.8 Å². The molecule has 1 heterocycles. The lowest BCUT2D eigenvalue weighted by Crippen LogP contribution is -2.40. The van der Waals surface area contributed by atoms with Gasteiger partial charge in [-0.3, -0.25) is 4.79 Å². The molecule has 0 aliphatic carbocycles. The minimum absolute atomic E-state index is 0.187. The van der Waals surface area contributed by atoms with Crippen LogP contribution < -0.4 is 5.32 Å². The lowest BCUT2D eigenvalue weighted by molar-refractivity contribution is -0.136. The third kappa shape index (κ3) is 2.21. The highest BCUT2D eigenvalue weighted by Gasteiger charge is 2.31. The topological polar surface area (TPSA) is 32.3 Å². The molecule has 1 aliphatic rings. The van der Waals surface area contributed by atoms with Gasteiger partial charge in [0.15, 0.2) is 0 Å². The highest BCUT2D eigenvalue weighted by molar-refractivity contribution is 5.79. The zero-order valence-electron chi connectivity index (χ0n) is 9.00. The minimum atomic E-state index is 0.187. The van der Waals surface area contributed by atoms with E-state index in [1.807, 2.05) is 25.8 Å². The van der Waals surface area contributed by atoms with Crippen LogP contribution in [-0.4, -0.2) is 37.0 Å². The molecule has 1 saturated heterocycles. The van der Waals surface area contributed by atoms with Crippen LogP contribution >= 0.6 is 0 Å². The van der Waals surface area contributed by atoms with Crippen molar-refractivity contribution in [1.29, 1.82) is 0 Å². The van der Waals surface area contributed by atoms with Crippen LogP contribution in [0.1, 0.15) is 20.8 Å². The summed E-state index contributed by atoms with van der Waals surface area (Å²) < 4.78 is 0. The molecule has 3 nitrogen and oxygen atoms in total. The molecule has 1 fully saturated rings. The molecule has 0 spiro atoms. The van der Waals surface area contributed by atoms with Gasteiger partial charge in [-0.2, -0.15) is 0 Å². The molecule has 1 rings (SSSR count). The first kappa shape index (κ1) is 10.5. The van der Waals surface area contributed by atoms with Crippen LogP contribution in [0.3, 0.4) is 0 Å². The van der Waals surface area contributed by atoms with Crippen molar-refractivity contribution in [3.63, 3.8) is 0 Å². The molecule has 1 amide bonds. The van der Waals surface area contributed by atoms with Gasteiger partial charge in [-0.1, -0.05) is 6.92 Å². The summed E-state index contributed by atoms with van der Waals surface area (Å²) in [5.41, 5.74) is 0. The molecular formula is C10H20N2O. The fraction of sp³-hybridized carbons (Fsp3) is 0.900. The van der Waals surface area contributed by atoms with Crippen molar-refractivity contribution in [2.45, 2.75) is 26.8 Å². The summed E-state index contributed by atoms with van der Waals surface area (Å²) >= 11 is 0. The van der Waals surface area contributed by atoms with Crippen molar-refractivity contribution in [2.75, 3.05) is 20.1 Å². The van der Waals surface area contributed by atoms with Crippen LogP contribution in [0.2, 0.25) is 0 Å². The van der Waals surface area contributed by atoms with Crippen LogP contribution in [-0.2, 0) is 4.79 Å². The summed E-state index contributed by atoms with van der Waals surface area (Å²) in [4.78, 5) is 13.7. The third-order valence-corrected chi connectivity index (χ3v) is 2.96. The van der Waals surface area contributed by atoms with E-state index in [1.54, 1.807) is 0 Å². The first-order valence-corrected chi connectivity index (χ1v) is 5.01. The zero-order chi connectivity index (χ0) is 10.0. The lowest BCUT2D eigenvalue weighted by Gasteiger charge is -2.26. The predicted molar refractivity (Wildman–Crippen MR) is 53.4 cm³/mol. The third-order valence-electron chi connectivity index (χ3n) is 2.96. The van der Waals surface area contributed by atoms with Crippen molar-refractivity contribution in [3.8, 4) is 0 Å². The SMILES string of the molecule is CC(C)N(C)C(=O)[C@@H]1CNC[C@H]1C. The number of nitrogens with one attached hydrogen (secondary N) is 1. The van der Waals surface area contributed by atoms with Gasteiger partial charge in [0, 0.05) is 19.6 Å². The molecule has 0 aromatic heterocycles. The Hall–Kier alpha value is -0.570. The summed E-state index contributed by atoms with van der Waals surface area (Å²) in [6, 6.07) is 0.306. The Bertz CT molecular complexity index is 191. The van der Waals surface area contributed by atoms with Crippen molar-refractivity contribution in [3.05, 3.63) is 0 Å². The van der Waals surface area contributed by atoms with E-state index in [0.29, 0.717) is 12.0 Å². The fourth-order valence-electron chi connectivity index (χ4n) is 1.66. The van der Waals surface area contributed by atoms with Crippen molar-refractivity contribution in [1.82, 2.24) is 10.2 Å². The van der Waals surface area contributed by atoms with E-state index < -0.39 is 0 Å². The Morgan fingerprint density at radius 2 is 2.08 bits per heavy atom. The normalized spacial score (nSPS) is 28.1. The van der Waals surface area contributed by atoms with Crippen LogP contribution in [0.4, 0.5) is 0 Å². The maximum Gasteiger partial charge on any atom is 0.227 e. The van der Waals surface area contributed by atoms with Gasteiger partial charge in [0.1, 0.15) is 0 Å². The van der Waals surface area contributed by atoms with Gasteiger partial charge < -0.3 is 10.2 Å². The Morgan fingerprint density at radius 1 is 1.46 bits per heavy atom. The van der Waals surface area contributed by atoms with Crippen molar-refractivity contribution >= 4 is 5.91 Å². The second-order valence-electron chi connectivity index (χ2n) is 4.28. The van der Waals surface area contributed by atoms with Gasteiger partial charge in [-0.05, 0) is 26.3 Å². The predicted octanol–water partition coefficient (Wildman–Crippen LogP) is 0.709. The Morgan fingerprint density at radius 3 is 2.46 bits per heavy atom. The highest BCUT2D eigenvalue weighted by Crippen LogP contribution is 2.18. The van der Waals surface area contributed by atoms with Crippen LogP contribution in [0.25, 0.3) is 0 Å². The molecule has 13 heavy (non-hydrogen) atoms. The molecule has 0 bridgehead atoms. The molecule has 0 unspecified atom stereocenters. The maximum absolute atomic E-state index is 11.9. The molecule has 0 radical (unpaired) electrons. The zero-order valence-corrected chi connectivity index (χ0v) is 9.00. The van der Waals surface area contributed by atoms with Crippen molar-refractivity contribution in [2.24, 2.45) is 11.8 Å². The summed E-state index contributed by atoms with van der Waals surface area (Å²) in [6.45, 7) is 8.05. The van der Waals surface area contributed by atoms with E-state index in [0.717, 1.165) is 13.1 Å². The number of hydrogen-bond donors (Lipinski definition) is 1. The van der Waals surface area contributed by atoms with Gasteiger partial charge in [0.05, 0.1) is 5.92 Å². The van der Waals surface area contributed by atoms with Gasteiger partial charge in [0.25, 0.3) is 0 Å². The molecule has 0 saturated carbocycles. The number of hydrogen-bond acceptors (Lipinski definition) is 2. The Kier molecular flexibility index (Phi) is 3.31. The number of rotatable bonds is 2. The van der Waals surface area contributed by atoms with E-state index in [1.165, 1.54) is 0 Å². The monoisotopic (exact) mass is 184 g/mol. The van der Waals surface area contributed by atoms with Gasteiger partial charge in [0.2, 0.25) is 5.91 Å². The molecule has 1 aliphatic heterocycles. The summed E-state index contributed by atoms with van der Waals surface area (Å²) in [6.07, 6.45) is 0. The van der Waals surface area contributed by atoms with Crippen LogP contribution in [0.5, 0.6) is 0 Å². The first-order chi connectivity index (χ1) is 6.04. The summed E-state index contributed by atoms with van der Waals surface area (Å²) in [5, 5.41) is 3.25. The maximum atomic E-state index is 11.9. The van der Waals surface area contributed by atoms with E-state index in [4.69, 9.17) is 0 Å². The van der Waals surface area contributed by atoms with E-state index in [2.05, 4.69) is 12.2 Å². The van der Waals surface area contributed by atoms with Crippen LogP contribution in [0.15, 0.2) is 0 Å². The van der Waals surface area contributed by atoms with Crippen LogP contribution in [0, 0.1) is 11.8 Å².